The van der Waals surface area contributed by atoms with Crippen molar-refractivity contribution in [2.75, 3.05) is 18.9 Å². The fourth-order valence-corrected chi connectivity index (χ4v) is 1.83. The second-order valence-electron chi connectivity index (χ2n) is 5.85. The number of hydrogen-bond donors (Lipinski definition) is 2. The topological polar surface area (TPSA) is 83.3 Å². The average molecular weight is 267 g/mol. The van der Waals surface area contributed by atoms with Gasteiger partial charge >= 0.3 is 6.01 Å². The van der Waals surface area contributed by atoms with E-state index in [0.717, 1.165) is 13.0 Å². The van der Waals surface area contributed by atoms with Crippen LogP contribution in [0.4, 0.5) is 6.01 Å². The van der Waals surface area contributed by atoms with Crippen molar-refractivity contribution in [2.45, 2.75) is 45.3 Å². The average Bonchev–Trinajstić information content (AvgIpc) is 2.88. The van der Waals surface area contributed by atoms with Crippen molar-refractivity contribution in [2.24, 2.45) is 0 Å². The largest absolute Gasteiger partial charge is 0.407 e. The van der Waals surface area contributed by atoms with Crippen LogP contribution in [0.5, 0.6) is 0 Å². The predicted octanol–water partition coefficient (Wildman–Crippen LogP) is 0.600. The fraction of sp³-hybridized carbons (Fsp3) is 0.750. The van der Waals surface area contributed by atoms with E-state index in [9.17, 15) is 4.79 Å². The summed E-state index contributed by atoms with van der Waals surface area (Å²) in [5.41, 5.74) is -0.00775. The van der Waals surface area contributed by atoms with Crippen LogP contribution in [0.25, 0.3) is 0 Å². The molecule has 1 unspecified atom stereocenters. The van der Waals surface area contributed by atoms with Crippen molar-refractivity contribution in [3.8, 4) is 0 Å². The number of rotatable bonds is 4. The lowest BCUT2D eigenvalue weighted by molar-refractivity contribution is -0.127. The Kier molecular flexibility index (Phi) is 3.75. The molecule has 7 nitrogen and oxygen atoms in total. The van der Waals surface area contributed by atoms with Crippen molar-refractivity contribution < 1.29 is 9.21 Å². The maximum Gasteiger partial charge on any atom is 0.316 e. The van der Waals surface area contributed by atoms with E-state index in [1.807, 2.05) is 0 Å². The molecular weight excluding hydrogens is 246 g/mol. The van der Waals surface area contributed by atoms with E-state index in [-0.39, 0.29) is 17.5 Å². The van der Waals surface area contributed by atoms with Crippen LogP contribution in [0.1, 0.15) is 33.1 Å². The van der Waals surface area contributed by atoms with Gasteiger partial charge in [-0.15, -0.1) is 5.10 Å². The number of carbonyl (C=O) groups is 1. The van der Waals surface area contributed by atoms with Crippen LogP contribution in [0.2, 0.25) is 0 Å². The molecule has 2 rings (SSSR count). The number of anilines is 1. The molecule has 1 saturated heterocycles. The van der Waals surface area contributed by atoms with Gasteiger partial charge in [-0.3, -0.25) is 4.79 Å². The summed E-state index contributed by atoms with van der Waals surface area (Å²) in [5, 5.41) is 14.1. The van der Waals surface area contributed by atoms with Crippen LogP contribution < -0.4 is 10.6 Å². The molecule has 7 heteroatoms. The molecule has 0 aromatic carbocycles. The highest BCUT2D eigenvalue weighted by molar-refractivity contribution is 5.85. The van der Waals surface area contributed by atoms with Crippen molar-refractivity contribution in [3.05, 3.63) is 5.89 Å². The zero-order chi connectivity index (χ0) is 14.0. The quantitative estimate of drug-likeness (QED) is 0.831. The summed E-state index contributed by atoms with van der Waals surface area (Å²) in [6.45, 7) is 7.46. The molecule has 0 bridgehead atoms. The molecule has 106 valence electrons. The van der Waals surface area contributed by atoms with Gasteiger partial charge in [0, 0.05) is 19.1 Å². The van der Waals surface area contributed by atoms with Crippen LogP contribution in [0.3, 0.4) is 0 Å². The summed E-state index contributed by atoms with van der Waals surface area (Å²) in [7, 11) is 1.79. The van der Waals surface area contributed by atoms with E-state index in [1.54, 1.807) is 11.9 Å². The van der Waals surface area contributed by atoms with Crippen molar-refractivity contribution in [1.82, 2.24) is 20.4 Å². The third-order valence-electron chi connectivity index (χ3n) is 2.96. The van der Waals surface area contributed by atoms with Gasteiger partial charge in [-0.05, 0) is 27.2 Å². The van der Waals surface area contributed by atoms with Crippen LogP contribution in [0, 0.1) is 0 Å². The molecule has 1 fully saturated rings. The van der Waals surface area contributed by atoms with Crippen LogP contribution in [0.15, 0.2) is 4.42 Å². The number of carbonyl (C=O) groups excluding carboxylic acids is 1. The lowest BCUT2D eigenvalue weighted by atomic mass is 10.1. The molecule has 0 spiro atoms. The Bertz CT molecular complexity index is 451. The van der Waals surface area contributed by atoms with E-state index in [0.29, 0.717) is 18.5 Å². The van der Waals surface area contributed by atoms with Gasteiger partial charge in [-0.25, -0.2) is 0 Å². The van der Waals surface area contributed by atoms with E-state index >= 15 is 0 Å². The summed E-state index contributed by atoms with van der Waals surface area (Å²) < 4.78 is 5.46. The molecule has 1 atom stereocenters. The van der Waals surface area contributed by atoms with Crippen LogP contribution in [-0.4, -0.2) is 46.2 Å². The lowest BCUT2D eigenvalue weighted by Crippen LogP contribution is -2.35. The molecule has 2 N–H and O–H groups in total. The van der Waals surface area contributed by atoms with E-state index < -0.39 is 0 Å². The molecule has 1 aliphatic heterocycles. The first-order valence-electron chi connectivity index (χ1n) is 6.44. The monoisotopic (exact) mass is 267 g/mol. The van der Waals surface area contributed by atoms with Gasteiger partial charge in [0.1, 0.15) is 6.04 Å². The van der Waals surface area contributed by atoms with Crippen LogP contribution in [-0.2, 0) is 11.3 Å². The van der Waals surface area contributed by atoms with Gasteiger partial charge in [0.2, 0.25) is 11.8 Å². The lowest BCUT2D eigenvalue weighted by Gasteiger charge is -2.18. The smallest absolute Gasteiger partial charge is 0.316 e. The molecule has 0 saturated carbocycles. The molecule has 1 aliphatic rings. The van der Waals surface area contributed by atoms with Crippen LogP contribution >= 0.6 is 0 Å². The molecule has 19 heavy (non-hydrogen) atoms. The van der Waals surface area contributed by atoms with Gasteiger partial charge in [-0.2, -0.15) is 0 Å². The van der Waals surface area contributed by atoms with Gasteiger partial charge in [0.15, 0.2) is 0 Å². The SMILES string of the molecule is CN1CCC(Nc2nnc(CNC(C)(C)C)o2)C1=O. The molecule has 2 heterocycles. The summed E-state index contributed by atoms with van der Waals surface area (Å²) in [4.78, 5) is 13.4. The Morgan fingerprint density at radius 3 is 2.74 bits per heavy atom. The summed E-state index contributed by atoms with van der Waals surface area (Å²) >= 11 is 0. The Balaban J connectivity index is 1.89. The van der Waals surface area contributed by atoms with E-state index in [2.05, 4.69) is 41.6 Å². The number of likely N-dealkylation sites (tertiary alicyclic amines) is 1. The van der Waals surface area contributed by atoms with Gasteiger partial charge < -0.3 is 20.0 Å². The van der Waals surface area contributed by atoms with Gasteiger partial charge in [0.05, 0.1) is 6.54 Å². The van der Waals surface area contributed by atoms with Crippen molar-refractivity contribution in [3.63, 3.8) is 0 Å². The molecule has 1 amide bonds. The number of nitrogens with one attached hydrogen (secondary N) is 2. The maximum atomic E-state index is 11.7. The standard InChI is InChI=1S/C12H21N5O2/c1-12(2,3)13-7-9-15-16-11(19-9)14-8-5-6-17(4)10(8)18/h8,13H,5-7H2,1-4H3,(H,14,16). The Morgan fingerprint density at radius 2 is 2.16 bits per heavy atom. The summed E-state index contributed by atoms with van der Waals surface area (Å²) in [5.74, 6) is 0.573. The first-order valence-corrected chi connectivity index (χ1v) is 6.44. The minimum Gasteiger partial charge on any atom is -0.407 e. The second-order valence-corrected chi connectivity index (χ2v) is 5.85. The van der Waals surface area contributed by atoms with E-state index in [4.69, 9.17) is 4.42 Å². The zero-order valence-electron chi connectivity index (χ0n) is 11.9. The third kappa shape index (κ3) is 3.66. The van der Waals surface area contributed by atoms with Gasteiger partial charge in [0.25, 0.3) is 0 Å². The minimum atomic E-state index is -0.256. The second kappa shape index (κ2) is 5.16. The number of likely N-dealkylation sites (N-methyl/N-ethyl adjacent to an activating group) is 1. The van der Waals surface area contributed by atoms with Crippen molar-refractivity contribution >= 4 is 11.9 Å². The highest BCUT2D eigenvalue weighted by atomic mass is 16.4. The number of hydrogen-bond acceptors (Lipinski definition) is 6. The Hall–Kier alpha value is -1.63. The number of amides is 1. The first-order chi connectivity index (χ1) is 8.85. The Morgan fingerprint density at radius 1 is 1.42 bits per heavy atom. The highest BCUT2D eigenvalue weighted by Gasteiger charge is 2.30. The summed E-state index contributed by atoms with van der Waals surface area (Å²) in [6.07, 6.45) is 0.757. The van der Waals surface area contributed by atoms with Gasteiger partial charge in [-0.1, -0.05) is 5.10 Å². The molecular formula is C12H21N5O2. The van der Waals surface area contributed by atoms with E-state index in [1.165, 1.54) is 0 Å². The first kappa shape index (κ1) is 13.8. The normalized spacial score (nSPS) is 20.1. The molecule has 1 aromatic rings. The van der Waals surface area contributed by atoms with Crippen molar-refractivity contribution in [1.29, 1.82) is 0 Å². The molecule has 1 aromatic heterocycles. The maximum absolute atomic E-state index is 11.7. The number of aromatic nitrogens is 2. The summed E-state index contributed by atoms with van der Waals surface area (Å²) in [6, 6.07) is 0.0493. The predicted molar refractivity (Wildman–Crippen MR) is 70.6 cm³/mol. The molecule has 0 radical (unpaired) electrons. The Labute approximate surface area is 112 Å². The molecule has 0 aliphatic carbocycles. The minimum absolute atomic E-state index is 0.00775. The third-order valence-corrected chi connectivity index (χ3v) is 2.96. The zero-order valence-corrected chi connectivity index (χ0v) is 11.9. The number of nitrogens with zero attached hydrogens (tertiary/aromatic N) is 3. The highest BCUT2D eigenvalue weighted by Crippen LogP contribution is 2.15. The fourth-order valence-electron chi connectivity index (χ4n) is 1.83.